The van der Waals surface area contributed by atoms with E-state index in [1.54, 1.807) is 142 Å². The maximum Gasteiger partial charge on any atom is 0.323 e. The summed E-state index contributed by atoms with van der Waals surface area (Å²) in [4.78, 5) is 191. The van der Waals surface area contributed by atoms with E-state index >= 15 is 0 Å². The van der Waals surface area contributed by atoms with E-state index in [0.717, 1.165) is 28.5 Å². The van der Waals surface area contributed by atoms with Crippen LogP contribution in [0.25, 0.3) is 21.8 Å². The fourth-order valence-electron chi connectivity index (χ4n) is 15.6. The number of hydrazone groups is 1. The van der Waals surface area contributed by atoms with E-state index in [-0.39, 0.29) is 205 Å². The zero-order chi connectivity index (χ0) is 109. The summed E-state index contributed by atoms with van der Waals surface area (Å²) in [6.07, 6.45) is 12.6. The first-order valence-electron chi connectivity index (χ1n) is 47.4. The summed E-state index contributed by atoms with van der Waals surface area (Å²) in [6, 6.07) is 20.0. The summed E-state index contributed by atoms with van der Waals surface area (Å²) in [6.45, 7) is 11.2. The highest BCUT2D eigenvalue weighted by atomic mass is 32.2. The number of rotatable bonds is 60. The lowest BCUT2D eigenvalue weighted by Gasteiger charge is -2.19. The molecule has 5 aromatic heterocycles. The largest absolute Gasteiger partial charge is 0.480 e. The first-order chi connectivity index (χ1) is 71.2. The highest BCUT2D eigenvalue weighted by Gasteiger charge is 2.33. The minimum absolute atomic E-state index is 0. The van der Waals surface area contributed by atoms with Gasteiger partial charge in [-0.25, -0.2) is 31.8 Å². The molecule has 0 spiro atoms. The van der Waals surface area contributed by atoms with Crippen LogP contribution in [-0.2, 0) is 104 Å². The number of benzene rings is 5. The van der Waals surface area contributed by atoms with E-state index in [4.69, 9.17) is 14.2 Å². The topological polar surface area (TPSA) is 664 Å². The third kappa shape index (κ3) is 37.9. The molecule has 0 saturated carbocycles. The number of amides is 9. The molecule has 2 unspecified atom stereocenters. The SMILES string of the molecule is C.CF.Cc1cc(C)c(S(=O)(=O)NC(CNC(=O)c2cn(CCCNC(=O)CCC(=O)NCCCOCCCNC(=O)C(CCC(=O)NCCCOCCCNC(=O)CCC(=O)NCCCn3cc(C(=O)NC[C@H](NS(=O)(=O)c4c(C)cc(C)cc4C)C(=O)O)c(=O)c4ccc(CNc5ncc[nH]5)cc43)NC(=O)c3ccc(N/N=C/c4ccccc4S(=O)(=O)O)nc3)c3cc(CNc4ncc[nH]4)ccc3c2=O)C(=O)O)c(C)c1.[3HH].[3H]F. The van der Waals surface area contributed by atoms with Gasteiger partial charge in [0, 0.05) is 198 Å². The average molecular weight is 2140 g/mol. The van der Waals surface area contributed by atoms with Gasteiger partial charge in [0.1, 0.15) is 40.0 Å². The van der Waals surface area contributed by atoms with Gasteiger partial charge in [-0.05, 0) is 162 Å². The molecule has 0 aliphatic rings. The van der Waals surface area contributed by atoms with Crippen LogP contribution in [0.3, 0.4) is 0 Å². The van der Waals surface area contributed by atoms with Crippen LogP contribution in [0.2, 0.25) is 0 Å². The van der Waals surface area contributed by atoms with Crippen LogP contribution in [0, 0.1) is 41.5 Å². The molecular weight excluding hydrogens is 2000 g/mol. The van der Waals surface area contributed by atoms with Crippen molar-refractivity contribution >= 4 is 141 Å². The van der Waals surface area contributed by atoms with Gasteiger partial charge in [0.2, 0.25) is 66.3 Å². The molecule has 0 radical (unpaired) electrons. The lowest BCUT2D eigenvalue weighted by atomic mass is 10.1. The third-order valence-corrected chi connectivity index (χ3v) is 27.0. The Morgan fingerprint density at radius 2 is 0.899 bits per heavy atom. The quantitative estimate of drug-likeness (QED) is 0.00929. The number of anilines is 3. The molecule has 0 bridgehead atoms. The summed E-state index contributed by atoms with van der Waals surface area (Å²) >= 11 is 0. The molecule has 9 amide bonds. The first kappa shape index (κ1) is 119. The molecule has 0 fully saturated rings. The molecule has 3 atom stereocenters. The standard InChI is InChI=1S/C96H120N22O24S3.CH3F.CH4.FH.H2/c1-59-45-61(3)87(62(4)46-59)143(134,135)115-74(93(130)131)55-108-90(127)71-57-117(76-49-65(17-20-69(76)85(71)124)51-110-95-103-35-36-104-95)39-9-29-97-81(120)25-27-83(122)100-32-12-42-141-41-11-31-99-80(119)24-22-73(113-89(126)68-19-23-79(107-53-68)114-112-54-67-15-7-8-16-78(67)145(138,139)140)92(129)102-34-14-44-142-43-13-33-101-84(123)28-26-82(121)98-30-10-40-118-58-72(86(125)70-21-18-66(50-77(70)118)52-111-96-105-37-38-106-96)91(128)109-56-75(94(132)133)116-144(136,137)88-63(5)47-60(2)48-64(88)6;1-2;;;/h7-8,15-21,23,35-38,45-50,53-54,57-58,73-75,115-116H,9-14,22,24-34,39-44,51-52,55-56H2,1-6H3,(H,97,120)(H,98,121)(H,99,119)(H,100,122)(H,101,123)(H,102,129)(H,107,114)(H,108,127)(H,109,128)(H,113,126)(H,130,131)(H,132,133)(H2,103,104,110)(H2,105,106,111)(H,138,139,140);1H3;1H4;2*1H/b112-54+;;;;/t73?,74-,75?;;;;/m0..../s1/i;;;;1+2/hT. The molecule has 149 heavy (non-hydrogen) atoms. The number of hydrogen-bond acceptors (Lipinski definition) is 28. The number of aryl methyl sites for hydroxylation is 8. The third-order valence-electron chi connectivity index (χ3n) is 22.5. The maximum atomic E-state index is 14.0. The lowest BCUT2D eigenvalue weighted by molar-refractivity contribution is -0.139. The summed E-state index contributed by atoms with van der Waals surface area (Å²) in [7, 11) is -12.9. The average Bonchev–Trinajstić information content (AvgIpc) is 0.973. The van der Waals surface area contributed by atoms with E-state index in [0.29, 0.717) is 84.6 Å². The van der Waals surface area contributed by atoms with Gasteiger partial charge in [-0.1, -0.05) is 73.2 Å². The predicted molar refractivity (Wildman–Crippen MR) is 554 cm³/mol. The minimum Gasteiger partial charge on any atom is -0.480 e. The van der Waals surface area contributed by atoms with E-state index in [1.165, 1.54) is 48.9 Å². The lowest BCUT2D eigenvalue weighted by Crippen LogP contribution is -2.49. The zero-order valence-corrected chi connectivity index (χ0v) is 84.9. The number of imidazole rings is 2. The van der Waals surface area contributed by atoms with Crippen molar-refractivity contribution in [3.05, 3.63) is 228 Å². The Labute approximate surface area is 861 Å². The second-order valence-corrected chi connectivity index (χ2v) is 38.8. The summed E-state index contributed by atoms with van der Waals surface area (Å²) in [5.41, 5.74) is 6.16. The number of aromatic amines is 2. The predicted octanol–water partition coefficient (Wildman–Crippen LogP) is 5.78. The molecule has 46 nitrogen and oxygen atoms in total. The van der Waals surface area contributed by atoms with E-state index in [1.807, 2.05) is 0 Å². The number of alkyl halides is 1. The Bertz CT molecular complexity index is 6810. The first-order valence-corrected chi connectivity index (χ1v) is 51.4. The summed E-state index contributed by atoms with van der Waals surface area (Å²) in [5.74, 6) is -7.36. The van der Waals surface area contributed by atoms with Crippen LogP contribution in [0.15, 0.2) is 170 Å². The van der Waals surface area contributed by atoms with Crippen molar-refractivity contribution < 1.29 is 113 Å². The minimum atomic E-state index is -4.57. The number of nitrogens with zero attached hydrogens (tertiary/aromatic N) is 6. The number of halogens is 2. The number of aromatic nitrogens is 7. The highest BCUT2D eigenvalue weighted by molar-refractivity contribution is 7.90. The van der Waals surface area contributed by atoms with E-state index < -0.39 is 131 Å². The Balaban J connectivity index is 0.00000572. The number of carbonyl (C=O) groups excluding carboxylic acids is 9. The van der Waals surface area contributed by atoms with Gasteiger partial charge in [0.05, 0.1) is 39.8 Å². The molecule has 10 aromatic rings. The van der Waals surface area contributed by atoms with Crippen molar-refractivity contribution in [2.75, 3.05) is 102 Å². The van der Waals surface area contributed by atoms with Gasteiger partial charge in [0.15, 0.2) is 11.9 Å². The van der Waals surface area contributed by atoms with Crippen LogP contribution in [0.5, 0.6) is 0 Å². The van der Waals surface area contributed by atoms with Crippen molar-refractivity contribution in [2.24, 2.45) is 5.10 Å². The number of fused-ring (bicyclic) bond motifs is 2. The Morgan fingerprint density at radius 3 is 1.28 bits per heavy atom. The number of aliphatic carboxylic acids is 2. The normalized spacial score (nSPS) is 12.0. The number of pyridine rings is 3. The monoisotopic (exact) mass is 2140 g/mol. The molecular formula is C98H130F2N22O24S3. The van der Waals surface area contributed by atoms with Crippen molar-refractivity contribution in [1.82, 2.24) is 91.3 Å². The summed E-state index contributed by atoms with van der Waals surface area (Å²) in [5, 5.41) is 54.8. The van der Waals surface area contributed by atoms with E-state index in [2.05, 4.69) is 105 Å². The number of nitrogens with one attached hydrogen (secondary N) is 16. The fraction of sp³-hybridized carbons (Fsp3) is 0.398. The molecule has 808 valence electrons. The fourth-order valence-corrected chi connectivity index (χ4v) is 19.6. The van der Waals surface area contributed by atoms with Crippen LogP contribution >= 0.6 is 0 Å². The van der Waals surface area contributed by atoms with Gasteiger partial charge in [-0.3, -0.25) is 81.4 Å². The number of ether oxygens (including phenoxy) is 2. The van der Waals surface area contributed by atoms with Crippen LogP contribution in [0.1, 0.15) is 167 Å². The Hall–Kier alpha value is -15.2. The van der Waals surface area contributed by atoms with Crippen molar-refractivity contribution in [2.45, 2.75) is 185 Å². The molecule has 0 aliphatic heterocycles. The highest BCUT2D eigenvalue weighted by Crippen LogP contribution is 2.26. The number of hydrogen-bond donors (Lipinski definition) is 19. The van der Waals surface area contributed by atoms with E-state index in [9.17, 15) is 107 Å². The maximum absolute atomic E-state index is 14.0. The second-order valence-electron chi connectivity index (χ2n) is 34.1. The van der Waals surface area contributed by atoms with Gasteiger partial charge in [-0.15, -0.1) is 0 Å². The Kier molecular flexibility index (Phi) is 47.6. The van der Waals surface area contributed by atoms with Crippen LogP contribution in [0.4, 0.5) is 26.8 Å². The van der Waals surface area contributed by atoms with Gasteiger partial charge in [-0.2, -0.15) is 23.0 Å². The van der Waals surface area contributed by atoms with Crippen molar-refractivity contribution in [3.8, 4) is 0 Å². The second kappa shape index (κ2) is 59.6. The number of sulfonamides is 2. The number of carbonyl (C=O) groups is 11. The molecule has 5 heterocycles. The number of carboxylic acid groups (broad SMARTS) is 2. The molecule has 51 heteroatoms. The summed E-state index contributed by atoms with van der Waals surface area (Å²) < 4.78 is 129. The van der Waals surface area contributed by atoms with Gasteiger partial charge >= 0.3 is 11.9 Å². The molecule has 10 rings (SSSR count). The number of carboxylic acids is 2. The Morgan fingerprint density at radius 1 is 0.503 bits per heavy atom. The smallest absolute Gasteiger partial charge is 0.323 e. The molecule has 5 aromatic carbocycles. The molecule has 0 saturated heterocycles. The van der Waals surface area contributed by atoms with Crippen LogP contribution < -0.4 is 84.2 Å². The van der Waals surface area contributed by atoms with Crippen molar-refractivity contribution in [3.63, 3.8) is 0 Å². The van der Waals surface area contributed by atoms with Gasteiger partial charge in [0.25, 0.3) is 29.3 Å². The van der Waals surface area contributed by atoms with Gasteiger partial charge < -0.3 is 97.3 Å². The molecule has 19 N–H and O–H groups in total. The molecule has 0 aliphatic carbocycles. The van der Waals surface area contributed by atoms with Crippen LogP contribution in [-0.4, -0.2) is 251 Å². The zero-order valence-electron chi connectivity index (χ0n) is 83.5. The van der Waals surface area contributed by atoms with Crippen molar-refractivity contribution in [1.29, 1.82) is 1.45 Å². The number of H-pyrrole nitrogens is 2.